The van der Waals surface area contributed by atoms with Gasteiger partial charge in [-0.1, -0.05) is 17.3 Å². The number of rotatable bonds is 3. The summed E-state index contributed by atoms with van der Waals surface area (Å²) in [6.07, 6.45) is 0.0387. The van der Waals surface area contributed by atoms with Gasteiger partial charge in [-0.2, -0.15) is 0 Å². The van der Waals surface area contributed by atoms with Crippen molar-refractivity contribution >= 4 is 23.3 Å². The van der Waals surface area contributed by atoms with Crippen molar-refractivity contribution in [1.29, 1.82) is 0 Å². The summed E-state index contributed by atoms with van der Waals surface area (Å²) >= 11 is 0. The molecule has 3 rings (SSSR count). The van der Waals surface area contributed by atoms with Gasteiger partial charge in [-0.3, -0.25) is 9.59 Å². The third kappa shape index (κ3) is 2.69. The van der Waals surface area contributed by atoms with E-state index in [1.807, 2.05) is 0 Å². The molecule has 0 radical (unpaired) electrons. The minimum Gasteiger partial charge on any atom is -0.360 e. The molecule has 6 nitrogen and oxygen atoms in total. The topological polar surface area (TPSA) is 75.4 Å². The summed E-state index contributed by atoms with van der Waals surface area (Å²) in [5, 5.41) is 6.27. The van der Waals surface area contributed by atoms with Crippen molar-refractivity contribution in [1.82, 2.24) is 5.16 Å². The monoisotopic (exact) mass is 303 g/mol. The molecule has 1 N–H and O–H groups in total. The highest BCUT2D eigenvalue weighted by atomic mass is 19.1. The van der Waals surface area contributed by atoms with Crippen molar-refractivity contribution in [3.05, 3.63) is 41.9 Å². The van der Waals surface area contributed by atoms with E-state index in [2.05, 4.69) is 10.5 Å². The molecule has 2 amide bonds. The summed E-state index contributed by atoms with van der Waals surface area (Å²) in [7, 11) is 0. The standard InChI is InChI=1S/C15H14FN3O3/c1-9-6-13(18-22-9)17-15(21)10-7-14(20)19(8-10)12-5-3-2-4-11(12)16/h2-6,10H,7-8H2,1H3,(H,17,18,21). The molecular weight excluding hydrogens is 289 g/mol. The molecule has 2 aromatic rings. The number of carbonyl (C=O) groups is 2. The molecule has 7 heteroatoms. The zero-order valence-corrected chi connectivity index (χ0v) is 11.9. The largest absolute Gasteiger partial charge is 0.360 e. The normalized spacial score (nSPS) is 17.8. The average molecular weight is 303 g/mol. The Kier molecular flexibility index (Phi) is 3.62. The summed E-state index contributed by atoms with van der Waals surface area (Å²) < 4.78 is 18.6. The Labute approximate surface area is 125 Å². The number of aromatic nitrogens is 1. The van der Waals surface area contributed by atoms with Crippen LogP contribution < -0.4 is 10.2 Å². The molecular formula is C15H14FN3O3. The maximum Gasteiger partial charge on any atom is 0.231 e. The maximum atomic E-state index is 13.8. The highest BCUT2D eigenvalue weighted by Crippen LogP contribution is 2.27. The third-order valence-corrected chi connectivity index (χ3v) is 3.52. The van der Waals surface area contributed by atoms with Gasteiger partial charge in [0.1, 0.15) is 11.6 Å². The number of para-hydroxylation sites is 1. The number of amides is 2. The van der Waals surface area contributed by atoms with E-state index in [0.717, 1.165) is 0 Å². The molecule has 1 aliphatic heterocycles. The third-order valence-electron chi connectivity index (χ3n) is 3.52. The number of aryl methyl sites for hydroxylation is 1. The van der Waals surface area contributed by atoms with Crippen LogP contribution in [0.1, 0.15) is 12.2 Å². The Bertz CT molecular complexity index is 728. The fourth-order valence-corrected chi connectivity index (χ4v) is 2.44. The molecule has 1 saturated heterocycles. The smallest absolute Gasteiger partial charge is 0.231 e. The van der Waals surface area contributed by atoms with E-state index in [1.165, 1.54) is 17.0 Å². The van der Waals surface area contributed by atoms with E-state index in [1.54, 1.807) is 25.1 Å². The number of carbonyl (C=O) groups excluding carboxylic acids is 2. The molecule has 2 heterocycles. The van der Waals surface area contributed by atoms with E-state index in [9.17, 15) is 14.0 Å². The first-order valence-electron chi connectivity index (χ1n) is 6.83. The Morgan fingerprint density at radius 3 is 2.91 bits per heavy atom. The first-order chi connectivity index (χ1) is 10.5. The highest BCUT2D eigenvalue weighted by molar-refractivity contribution is 6.03. The van der Waals surface area contributed by atoms with Crippen LogP contribution in [0.3, 0.4) is 0 Å². The van der Waals surface area contributed by atoms with E-state index in [4.69, 9.17) is 4.52 Å². The summed E-state index contributed by atoms with van der Waals surface area (Å²) in [5.74, 6) is -0.764. The van der Waals surface area contributed by atoms with Crippen molar-refractivity contribution in [2.75, 3.05) is 16.8 Å². The molecule has 1 atom stereocenters. The fraction of sp³-hybridized carbons (Fsp3) is 0.267. The Morgan fingerprint density at radius 2 is 2.23 bits per heavy atom. The van der Waals surface area contributed by atoms with Crippen molar-refractivity contribution < 1.29 is 18.5 Å². The van der Waals surface area contributed by atoms with Gasteiger partial charge in [-0.05, 0) is 19.1 Å². The number of nitrogens with zero attached hydrogens (tertiary/aromatic N) is 2. The molecule has 1 aromatic carbocycles. The van der Waals surface area contributed by atoms with Gasteiger partial charge in [0.15, 0.2) is 5.82 Å². The quantitative estimate of drug-likeness (QED) is 0.942. The predicted octanol–water partition coefficient (Wildman–Crippen LogP) is 2.11. The van der Waals surface area contributed by atoms with Crippen molar-refractivity contribution in [2.45, 2.75) is 13.3 Å². The number of hydrogen-bond donors (Lipinski definition) is 1. The van der Waals surface area contributed by atoms with Gasteiger partial charge >= 0.3 is 0 Å². The van der Waals surface area contributed by atoms with E-state index < -0.39 is 11.7 Å². The van der Waals surface area contributed by atoms with Crippen molar-refractivity contribution in [2.24, 2.45) is 5.92 Å². The van der Waals surface area contributed by atoms with Gasteiger partial charge < -0.3 is 14.7 Å². The molecule has 0 bridgehead atoms. The van der Waals surface area contributed by atoms with Gasteiger partial charge in [0.2, 0.25) is 11.8 Å². The summed E-state index contributed by atoms with van der Waals surface area (Å²) in [6.45, 7) is 1.85. The van der Waals surface area contributed by atoms with Crippen LogP contribution in [-0.4, -0.2) is 23.5 Å². The second kappa shape index (κ2) is 5.59. The first-order valence-corrected chi connectivity index (χ1v) is 6.83. The zero-order chi connectivity index (χ0) is 15.7. The van der Waals surface area contributed by atoms with Crippen molar-refractivity contribution in [3.63, 3.8) is 0 Å². The minimum absolute atomic E-state index is 0.0387. The van der Waals surface area contributed by atoms with Crippen LogP contribution in [-0.2, 0) is 9.59 Å². The lowest BCUT2D eigenvalue weighted by atomic mass is 10.1. The second-order valence-electron chi connectivity index (χ2n) is 5.17. The molecule has 22 heavy (non-hydrogen) atoms. The molecule has 0 spiro atoms. The first kappa shape index (κ1) is 14.2. The average Bonchev–Trinajstić information content (AvgIpc) is 3.06. The number of nitrogens with one attached hydrogen (secondary N) is 1. The van der Waals surface area contributed by atoms with E-state index >= 15 is 0 Å². The molecule has 1 fully saturated rings. The molecule has 1 unspecified atom stereocenters. The zero-order valence-electron chi connectivity index (χ0n) is 11.9. The number of hydrogen-bond acceptors (Lipinski definition) is 4. The lowest BCUT2D eigenvalue weighted by Crippen LogP contribution is -2.28. The van der Waals surface area contributed by atoms with Gasteiger partial charge in [0.25, 0.3) is 0 Å². The van der Waals surface area contributed by atoms with Crippen LogP contribution in [0.5, 0.6) is 0 Å². The molecule has 1 aromatic heterocycles. The Morgan fingerprint density at radius 1 is 1.45 bits per heavy atom. The highest BCUT2D eigenvalue weighted by Gasteiger charge is 2.36. The van der Waals surface area contributed by atoms with E-state index in [-0.39, 0.29) is 30.5 Å². The van der Waals surface area contributed by atoms with Crippen LogP contribution in [0.4, 0.5) is 15.9 Å². The second-order valence-corrected chi connectivity index (χ2v) is 5.17. The number of benzene rings is 1. The van der Waals surface area contributed by atoms with Gasteiger partial charge in [0, 0.05) is 19.0 Å². The predicted molar refractivity (Wildman–Crippen MR) is 76.7 cm³/mol. The maximum absolute atomic E-state index is 13.8. The Hall–Kier alpha value is -2.70. The fourth-order valence-electron chi connectivity index (χ4n) is 2.44. The summed E-state index contributed by atoms with van der Waals surface area (Å²) in [5.41, 5.74) is 0.195. The van der Waals surface area contributed by atoms with Crippen LogP contribution in [0.15, 0.2) is 34.9 Å². The van der Waals surface area contributed by atoms with Gasteiger partial charge in [-0.25, -0.2) is 4.39 Å². The lowest BCUT2D eigenvalue weighted by molar-refractivity contribution is -0.122. The number of anilines is 2. The minimum atomic E-state index is -0.552. The van der Waals surface area contributed by atoms with Crippen LogP contribution in [0.25, 0.3) is 0 Å². The van der Waals surface area contributed by atoms with Crippen LogP contribution in [0.2, 0.25) is 0 Å². The van der Waals surface area contributed by atoms with Gasteiger partial charge in [0.05, 0.1) is 11.6 Å². The van der Waals surface area contributed by atoms with Crippen molar-refractivity contribution in [3.8, 4) is 0 Å². The van der Waals surface area contributed by atoms with Crippen LogP contribution >= 0.6 is 0 Å². The molecule has 114 valence electrons. The summed E-state index contributed by atoms with van der Waals surface area (Å²) in [6, 6.07) is 7.60. The SMILES string of the molecule is Cc1cc(NC(=O)C2CC(=O)N(c3ccccc3F)C2)no1. The Balaban J connectivity index is 1.71. The number of halogens is 1. The molecule has 1 aliphatic rings. The summed E-state index contributed by atoms with van der Waals surface area (Å²) in [4.78, 5) is 25.5. The van der Waals surface area contributed by atoms with E-state index in [0.29, 0.717) is 11.6 Å². The lowest BCUT2D eigenvalue weighted by Gasteiger charge is -2.17. The molecule has 0 saturated carbocycles. The van der Waals surface area contributed by atoms with Gasteiger partial charge in [-0.15, -0.1) is 0 Å². The molecule has 0 aliphatic carbocycles. The van der Waals surface area contributed by atoms with Crippen LogP contribution in [0, 0.1) is 18.7 Å².